The van der Waals surface area contributed by atoms with Crippen molar-refractivity contribution in [2.75, 3.05) is 11.9 Å². The lowest BCUT2D eigenvalue weighted by molar-refractivity contribution is -0.135. The third kappa shape index (κ3) is 1.98. The van der Waals surface area contributed by atoms with Crippen molar-refractivity contribution in [1.29, 1.82) is 0 Å². The van der Waals surface area contributed by atoms with E-state index in [4.69, 9.17) is 0 Å². The van der Waals surface area contributed by atoms with Gasteiger partial charge in [0.2, 0.25) is 5.91 Å². The molecule has 1 amide bonds. The fourth-order valence-corrected chi connectivity index (χ4v) is 3.07. The zero-order chi connectivity index (χ0) is 12.5. The van der Waals surface area contributed by atoms with Crippen LogP contribution in [-0.4, -0.2) is 29.4 Å². The van der Waals surface area contributed by atoms with Gasteiger partial charge in [-0.15, -0.1) is 0 Å². The second-order valence-electron chi connectivity index (χ2n) is 5.43. The summed E-state index contributed by atoms with van der Waals surface area (Å²) in [6.07, 6.45) is 4.38. The number of nitrogens with one attached hydrogen (secondary N) is 1. The van der Waals surface area contributed by atoms with Crippen LogP contribution in [0.2, 0.25) is 0 Å². The number of hydrogen-bond acceptors (Lipinski definition) is 2. The minimum atomic E-state index is -0.0528. The Morgan fingerprint density at radius 2 is 2.17 bits per heavy atom. The summed E-state index contributed by atoms with van der Waals surface area (Å²) in [5.41, 5.74) is 2.39. The third-order valence-electron chi connectivity index (χ3n) is 4.16. The number of nitrogens with zero attached hydrogens (tertiary/aromatic N) is 1. The molecule has 2 aliphatic heterocycles. The molecule has 18 heavy (non-hydrogen) atoms. The van der Waals surface area contributed by atoms with Crippen molar-refractivity contribution in [3.63, 3.8) is 0 Å². The predicted molar refractivity (Wildman–Crippen MR) is 72.6 cm³/mol. The second kappa shape index (κ2) is 4.63. The molecule has 3 heteroatoms. The van der Waals surface area contributed by atoms with Crippen molar-refractivity contribution in [3.05, 3.63) is 29.8 Å². The van der Waals surface area contributed by atoms with E-state index >= 15 is 0 Å². The lowest BCUT2D eigenvalue weighted by Gasteiger charge is -2.35. The maximum atomic E-state index is 12.5. The summed E-state index contributed by atoms with van der Waals surface area (Å²) in [4.78, 5) is 14.6. The molecule has 2 unspecified atom stereocenters. The molecule has 3 rings (SSSR count). The van der Waals surface area contributed by atoms with Crippen molar-refractivity contribution in [2.45, 2.75) is 44.7 Å². The van der Waals surface area contributed by atoms with Crippen LogP contribution in [0.3, 0.4) is 0 Å². The summed E-state index contributed by atoms with van der Waals surface area (Å²) in [7, 11) is 0. The summed E-state index contributed by atoms with van der Waals surface area (Å²) in [6.45, 7) is 3.09. The van der Waals surface area contributed by atoms with Crippen molar-refractivity contribution in [2.24, 2.45) is 0 Å². The summed E-state index contributed by atoms with van der Waals surface area (Å²) >= 11 is 0. The number of benzene rings is 1. The topological polar surface area (TPSA) is 32.3 Å². The van der Waals surface area contributed by atoms with Crippen LogP contribution in [0.5, 0.6) is 0 Å². The number of carbonyl (C=O) groups is 1. The Labute approximate surface area is 108 Å². The zero-order valence-electron chi connectivity index (χ0n) is 10.9. The smallest absolute Gasteiger partial charge is 0.245 e. The first kappa shape index (κ1) is 11.6. The van der Waals surface area contributed by atoms with E-state index in [2.05, 4.69) is 29.3 Å². The van der Waals surface area contributed by atoms with Crippen molar-refractivity contribution in [3.8, 4) is 0 Å². The van der Waals surface area contributed by atoms with E-state index in [1.54, 1.807) is 0 Å². The molecule has 2 heterocycles. The number of hydrogen-bond donors (Lipinski definition) is 1. The van der Waals surface area contributed by atoms with Gasteiger partial charge in [-0.25, -0.2) is 0 Å². The predicted octanol–water partition coefficient (Wildman–Crippen LogP) is 2.42. The summed E-state index contributed by atoms with van der Waals surface area (Å²) < 4.78 is 0. The Kier molecular flexibility index (Phi) is 2.98. The number of likely N-dealkylation sites (tertiary alicyclic amines) is 1. The van der Waals surface area contributed by atoms with Crippen LogP contribution in [0.4, 0.5) is 5.69 Å². The Bertz CT molecular complexity index is 433. The van der Waals surface area contributed by atoms with E-state index in [1.165, 1.54) is 12.0 Å². The molecule has 3 nitrogen and oxygen atoms in total. The second-order valence-corrected chi connectivity index (χ2v) is 5.43. The molecule has 1 saturated heterocycles. The molecule has 96 valence electrons. The van der Waals surface area contributed by atoms with Gasteiger partial charge in [0.1, 0.15) is 6.04 Å². The Morgan fingerprint density at radius 1 is 1.33 bits per heavy atom. The highest BCUT2D eigenvalue weighted by atomic mass is 16.2. The van der Waals surface area contributed by atoms with Gasteiger partial charge >= 0.3 is 0 Å². The van der Waals surface area contributed by atoms with Crippen molar-refractivity contribution >= 4 is 11.6 Å². The van der Waals surface area contributed by atoms with E-state index in [9.17, 15) is 4.79 Å². The minimum Gasteiger partial charge on any atom is -0.373 e. The van der Waals surface area contributed by atoms with Gasteiger partial charge in [-0.05, 0) is 37.8 Å². The molecule has 0 bridgehead atoms. The molecule has 1 aromatic rings. The van der Waals surface area contributed by atoms with Gasteiger partial charge in [0.05, 0.1) is 0 Å². The average molecular weight is 244 g/mol. The number of fused-ring (bicyclic) bond motifs is 1. The van der Waals surface area contributed by atoms with Crippen molar-refractivity contribution in [1.82, 2.24) is 4.90 Å². The lowest BCUT2D eigenvalue weighted by Crippen LogP contribution is -2.48. The maximum Gasteiger partial charge on any atom is 0.245 e. The Morgan fingerprint density at radius 3 is 2.94 bits per heavy atom. The number of para-hydroxylation sites is 1. The van der Waals surface area contributed by atoms with Gasteiger partial charge in [-0.2, -0.15) is 0 Å². The lowest BCUT2D eigenvalue weighted by atomic mass is 10.0. The van der Waals surface area contributed by atoms with E-state index in [-0.39, 0.29) is 11.9 Å². The molecular weight excluding hydrogens is 224 g/mol. The van der Waals surface area contributed by atoms with Crippen LogP contribution in [0.1, 0.15) is 31.7 Å². The highest BCUT2D eigenvalue weighted by Gasteiger charge is 2.32. The summed E-state index contributed by atoms with van der Waals surface area (Å²) in [5.74, 6) is 0.276. The zero-order valence-corrected chi connectivity index (χ0v) is 10.9. The molecule has 0 aromatic heterocycles. The summed E-state index contributed by atoms with van der Waals surface area (Å²) in [6, 6.07) is 8.57. The molecule has 2 atom stereocenters. The normalized spacial score (nSPS) is 26.6. The fraction of sp³-hybridized carbons (Fsp3) is 0.533. The highest BCUT2D eigenvalue weighted by Crippen LogP contribution is 2.27. The third-order valence-corrected chi connectivity index (χ3v) is 4.16. The number of anilines is 1. The Hall–Kier alpha value is -1.51. The SMILES string of the molecule is CC1CCCCN1C(=O)C1Cc2ccccc2N1. The van der Waals surface area contributed by atoms with Crippen LogP contribution in [0.25, 0.3) is 0 Å². The molecule has 2 aliphatic rings. The first-order chi connectivity index (χ1) is 8.75. The van der Waals surface area contributed by atoms with Gasteiger partial charge in [-0.3, -0.25) is 4.79 Å². The van der Waals surface area contributed by atoms with Gasteiger partial charge in [0.25, 0.3) is 0 Å². The van der Waals surface area contributed by atoms with Crippen LogP contribution in [0.15, 0.2) is 24.3 Å². The highest BCUT2D eigenvalue weighted by molar-refractivity contribution is 5.87. The van der Waals surface area contributed by atoms with Gasteiger partial charge in [0.15, 0.2) is 0 Å². The van der Waals surface area contributed by atoms with Crippen LogP contribution >= 0.6 is 0 Å². The van der Waals surface area contributed by atoms with Gasteiger partial charge in [-0.1, -0.05) is 18.2 Å². The summed E-state index contributed by atoms with van der Waals surface area (Å²) in [5, 5.41) is 3.36. The molecule has 0 spiro atoms. The molecule has 1 aromatic carbocycles. The van der Waals surface area contributed by atoms with Crippen LogP contribution in [-0.2, 0) is 11.2 Å². The monoisotopic (exact) mass is 244 g/mol. The van der Waals surface area contributed by atoms with Gasteiger partial charge < -0.3 is 10.2 Å². The van der Waals surface area contributed by atoms with E-state index in [1.807, 2.05) is 12.1 Å². The first-order valence-electron chi connectivity index (χ1n) is 6.90. The minimum absolute atomic E-state index is 0.0528. The number of amides is 1. The van der Waals surface area contributed by atoms with E-state index in [0.29, 0.717) is 6.04 Å². The first-order valence-corrected chi connectivity index (χ1v) is 6.90. The van der Waals surface area contributed by atoms with Crippen molar-refractivity contribution < 1.29 is 4.79 Å². The van der Waals surface area contributed by atoms with Crippen LogP contribution in [0, 0.1) is 0 Å². The van der Waals surface area contributed by atoms with Gasteiger partial charge in [0, 0.05) is 24.7 Å². The fourth-order valence-electron chi connectivity index (χ4n) is 3.07. The average Bonchev–Trinajstić information content (AvgIpc) is 2.82. The molecule has 0 aliphatic carbocycles. The standard InChI is InChI=1S/C15H20N2O/c1-11-6-4-5-9-17(11)15(18)14-10-12-7-2-3-8-13(12)16-14/h2-3,7-8,11,14,16H,4-6,9-10H2,1H3. The number of rotatable bonds is 1. The maximum absolute atomic E-state index is 12.5. The molecular formula is C15H20N2O. The van der Waals surface area contributed by atoms with E-state index < -0.39 is 0 Å². The quantitative estimate of drug-likeness (QED) is 0.823. The molecule has 0 saturated carbocycles. The van der Waals surface area contributed by atoms with E-state index in [0.717, 1.165) is 31.5 Å². The molecule has 1 N–H and O–H groups in total. The Balaban J connectivity index is 1.72. The number of carbonyl (C=O) groups excluding carboxylic acids is 1. The number of piperidine rings is 1. The largest absolute Gasteiger partial charge is 0.373 e. The van der Waals surface area contributed by atoms with Crippen LogP contribution < -0.4 is 5.32 Å². The molecule has 1 fully saturated rings. The molecule has 0 radical (unpaired) electrons.